The fourth-order valence-corrected chi connectivity index (χ4v) is 5.70. The topological polar surface area (TPSA) is 81.5 Å². The average molecular weight is 404 g/mol. The van der Waals surface area contributed by atoms with Crippen LogP contribution in [0, 0.1) is 16.7 Å². The molecule has 2 aliphatic heterocycles. The van der Waals surface area contributed by atoms with E-state index >= 15 is 0 Å². The van der Waals surface area contributed by atoms with Crippen molar-refractivity contribution in [2.24, 2.45) is 5.41 Å². The Morgan fingerprint density at radius 2 is 1.71 bits per heavy atom. The third-order valence-electron chi connectivity index (χ3n) is 5.87. The first kappa shape index (κ1) is 21.0. The van der Waals surface area contributed by atoms with Crippen LogP contribution in [-0.2, 0) is 14.8 Å². The molecule has 1 aromatic rings. The number of hydrogen-bond acceptors (Lipinski definition) is 5. The second-order valence-corrected chi connectivity index (χ2v) is 11.2. The molecule has 7 heteroatoms. The monoisotopic (exact) mass is 403 g/mol. The van der Waals surface area contributed by atoms with Crippen molar-refractivity contribution >= 4 is 15.8 Å². The van der Waals surface area contributed by atoms with Crippen molar-refractivity contribution in [2.75, 3.05) is 32.7 Å². The zero-order valence-electron chi connectivity index (χ0n) is 16.9. The third-order valence-corrected chi connectivity index (χ3v) is 8.10. The van der Waals surface area contributed by atoms with Crippen LogP contribution in [0.5, 0.6) is 0 Å². The zero-order valence-corrected chi connectivity index (χ0v) is 17.7. The normalized spacial score (nSPS) is 20.5. The quantitative estimate of drug-likeness (QED) is 0.754. The molecule has 0 aliphatic carbocycles. The van der Waals surface area contributed by atoms with Gasteiger partial charge in [0.05, 0.1) is 18.2 Å². The van der Waals surface area contributed by atoms with Crippen LogP contribution in [0.1, 0.15) is 50.7 Å². The molecule has 2 heterocycles. The number of nitriles is 1. The van der Waals surface area contributed by atoms with Crippen LogP contribution < -0.4 is 0 Å². The molecule has 0 unspecified atom stereocenters. The van der Waals surface area contributed by atoms with Gasteiger partial charge in [-0.05, 0) is 36.5 Å². The predicted molar refractivity (Wildman–Crippen MR) is 108 cm³/mol. The summed E-state index contributed by atoms with van der Waals surface area (Å²) in [4.78, 5) is 14.0. The highest BCUT2D eigenvalue weighted by Crippen LogP contribution is 2.31. The molecule has 3 rings (SSSR count). The van der Waals surface area contributed by atoms with E-state index < -0.39 is 20.7 Å². The Bertz CT molecular complexity index is 852. The highest BCUT2D eigenvalue weighted by atomic mass is 32.2. The number of rotatable bonds is 5. The minimum Gasteiger partial charge on any atom is -0.298 e. The van der Waals surface area contributed by atoms with Crippen LogP contribution in [0.15, 0.2) is 24.3 Å². The number of hydrogen-bond donors (Lipinski definition) is 0. The molecule has 0 bridgehead atoms. The van der Waals surface area contributed by atoms with Gasteiger partial charge in [0.1, 0.15) is 5.25 Å². The molecule has 1 aromatic carbocycles. The Labute approximate surface area is 168 Å². The van der Waals surface area contributed by atoms with Crippen molar-refractivity contribution in [3.8, 4) is 6.07 Å². The Hall–Kier alpha value is -1.75. The molecule has 0 spiro atoms. The average Bonchev–Trinajstić information content (AvgIpc) is 2.63. The summed E-state index contributed by atoms with van der Waals surface area (Å²) in [6, 6.07) is 9.71. The number of carbonyl (C=O) groups excluding carboxylic acids is 1. The van der Waals surface area contributed by atoms with Gasteiger partial charge in [-0.2, -0.15) is 5.26 Å². The van der Waals surface area contributed by atoms with Gasteiger partial charge in [-0.25, -0.2) is 12.7 Å². The maximum absolute atomic E-state index is 12.9. The predicted octanol–water partition coefficient (Wildman–Crippen LogP) is 2.37. The van der Waals surface area contributed by atoms with Gasteiger partial charge in [-0.3, -0.25) is 9.69 Å². The SMILES string of the molecule is CC(C)(C)C(=O)CN1CC(S(=O)(=O)N2CCC(c3ccc(C#N)cc3)CC2)C1. The lowest BCUT2D eigenvalue weighted by molar-refractivity contribution is -0.128. The van der Waals surface area contributed by atoms with E-state index in [0.29, 0.717) is 44.2 Å². The Morgan fingerprint density at radius 3 is 2.21 bits per heavy atom. The van der Waals surface area contributed by atoms with Gasteiger partial charge in [0.2, 0.25) is 10.0 Å². The number of piperidine rings is 1. The van der Waals surface area contributed by atoms with E-state index in [2.05, 4.69) is 6.07 Å². The Balaban J connectivity index is 1.51. The number of Topliss-reactive ketones (excluding diaryl/α,β-unsaturated/α-hetero) is 1. The van der Waals surface area contributed by atoms with Crippen LogP contribution in [-0.4, -0.2) is 61.4 Å². The molecule has 0 N–H and O–H groups in total. The molecule has 0 aromatic heterocycles. The molecule has 2 saturated heterocycles. The van der Waals surface area contributed by atoms with Crippen LogP contribution >= 0.6 is 0 Å². The summed E-state index contributed by atoms with van der Waals surface area (Å²) >= 11 is 0. The standard InChI is InChI=1S/C21H29N3O3S/c1-21(2,3)20(25)15-23-13-19(14-23)28(26,27)24-10-8-18(9-11-24)17-6-4-16(12-22)5-7-17/h4-7,18-19H,8-11,13-15H2,1-3H3. The maximum Gasteiger partial charge on any atom is 0.219 e. The van der Waals surface area contributed by atoms with Gasteiger partial charge in [0.25, 0.3) is 0 Å². The first-order valence-corrected chi connectivity index (χ1v) is 11.4. The van der Waals surface area contributed by atoms with E-state index in [1.165, 1.54) is 5.56 Å². The van der Waals surface area contributed by atoms with Gasteiger partial charge in [-0.1, -0.05) is 32.9 Å². The summed E-state index contributed by atoms with van der Waals surface area (Å²) < 4.78 is 27.4. The van der Waals surface area contributed by atoms with Crippen LogP contribution in [0.3, 0.4) is 0 Å². The highest BCUT2D eigenvalue weighted by Gasteiger charge is 2.42. The molecule has 6 nitrogen and oxygen atoms in total. The molecular formula is C21H29N3O3S. The van der Waals surface area contributed by atoms with Crippen molar-refractivity contribution in [3.05, 3.63) is 35.4 Å². The Kier molecular flexibility index (Phi) is 5.95. The van der Waals surface area contributed by atoms with Crippen molar-refractivity contribution in [1.29, 1.82) is 5.26 Å². The molecule has 2 fully saturated rings. The lowest BCUT2D eigenvalue weighted by Crippen LogP contribution is -2.60. The number of sulfonamides is 1. The summed E-state index contributed by atoms with van der Waals surface area (Å²) in [5.74, 6) is 0.480. The Morgan fingerprint density at radius 1 is 1.14 bits per heavy atom. The number of likely N-dealkylation sites (tertiary alicyclic amines) is 1. The van der Waals surface area contributed by atoms with Gasteiger partial charge in [-0.15, -0.1) is 0 Å². The van der Waals surface area contributed by atoms with E-state index in [4.69, 9.17) is 5.26 Å². The van der Waals surface area contributed by atoms with Crippen LogP contribution in [0.25, 0.3) is 0 Å². The van der Waals surface area contributed by atoms with Crippen LogP contribution in [0.4, 0.5) is 0 Å². The molecule has 0 amide bonds. The lowest BCUT2D eigenvalue weighted by Gasteiger charge is -2.42. The molecule has 0 saturated carbocycles. The highest BCUT2D eigenvalue weighted by molar-refractivity contribution is 7.89. The third kappa shape index (κ3) is 4.45. The summed E-state index contributed by atoms with van der Waals surface area (Å²) in [6.45, 7) is 7.95. The van der Waals surface area contributed by atoms with E-state index in [-0.39, 0.29) is 5.78 Å². The first-order valence-electron chi connectivity index (χ1n) is 9.86. The summed E-state index contributed by atoms with van der Waals surface area (Å²) in [5.41, 5.74) is 1.42. The molecule has 0 radical (unpaired) electrons. The van der Waals surface area contributed by atoms with Gasteiger partial charge >= 0.3 is 0 Å². The molecule has 2 aliphatic rings. The maximum atomic E-state index is 12.9. The molecule has 152 valence electrons. The second-order valence-electron chi connectivity index (χ2n) is 8.94. The molecular weight excluding hydrogens is 374 g/mol. The van der Waals surface area contributed by atoms with E-state index in [0.717, 1.165) is 12.8 Å². The van der Waals surface area contributed by atoms with Crippen molar-refractivity contribution in [1.82, 2.24) is 9.21 Å². The fourth-order valence-electron chi connectivity index (χ4n) is 3.76. The number of carbonyl (C=O) groups is 1. The van der Waals surface area contributed by atoms with Gasteiger partial charge < -0.3 is 0 Å². The fraction of sp³-hybridized carbons (Fsp3) is 0.619. The summed E-state index contributed by atoms with van der Waals surface area (Å²) in [5, 5.41) is 8.51. The lowest BCUT2D eigenvalue weighted by atomic mass is 9.90. The van der Waals surface area contributed by atoms with E-state index in [1.54, 1.807) is 4.31 Å². The second kappa shape index (κ2) is 7.94. The van der Waals surface area contributed by atoms with Crippen LogP contribution in [0.2, 0.25) is 0 Å². The number of benzene rings is 1. The van der Waals surface area contributed by atoms with Gasteiger partial charge in [0.15, 0.2) is 5.78 Å². The van der Waals surface area contributed by atoms with Crippen molar-refractivity contribution < 1.29 is 13.2 Å². The zero-order chi connectivity index (χ0) is 20.5. The van der Waals surface area contributed by atoms with E-state index in [9.17, 15) is 13.2 Å². The van der Waals surface area contributed by atoms with Crippen molar-refractivity contribution in [2.45, 2.75) is 44.8 Å². The largest absolute Gasteiger partial charge is 0.298 e. The first-order chi connectivity index (χ1) is 13.1. The number of nitrogens with zero attached hydrogens (tertiary/aromatic N) is 3. The van der Waals surface area contributed by atoms with E-state index in [1.807, 2.05) is 49.9 Å². The molecule has 28 heavy (non-hydrogen) atoms. The summed E-state index contributed by atoms with van der Waals surface area (Å²) in [7, 11) is -3.31. The van der Waals surface area contributed by atoms with Crippen molar-refractivity contribution in [3.63, 3.8) is 0 Å². The smallest absolute Gasteiger partial charge is 0.219 e. The minimum absolute atomic E-state index is 0.145. The summed E-state index contributed by atoms with van der Waals surface area (Å²) in [6.07, 6.45) is 1.59. The van der Waals surface area contributed by atoms with Gasteiger partial charge in [0, 0.05) is 31.6 Å². The minimum atomic E-state index is -3.31. The molecule has 0 atom stereocenters. The number of ketones is 1.